The average molecular weight is 635 g/mol. The molecule has 9 rings (SSSR count). The highest BCUT2D eigenvalue weighted by molar-refractivity contribution is 6.10. The molecular formula is C48H42O. The molecule has 0 saturated carbocycles. The summed E-state index contributed by atoms with van der Waals surface area (Å²) < 4.78 is 0. The zero-order valence-corrected chi connectivity index (χ0v) is 28.6. The largest absolute Gasteiger partial charge is 0.289 e. The van der Waals surface area contributed by atoms with Crippen molar-refractivity contribution in [3.8, 4) is 33.4 Å². The van der Waals surface area contributed by atoms with E-state index in [2.05, 4.69) is 147 Å². The third-order valence-electron chi connectivity index (χ3n) is 12.0. The quantitative estimate of drug-likeness (QED) is 0.114. The highest BCUT2D eigenvalue weighted by atomic mass is 16.1. The Morgan fingerprint density at radius 3 is 1.41 bits per heavy atom. The second-order valence-electron chi connectivity index (χ2n) is 14.6. The van der Waals surface area contributed by atoms with Gasteiger partial charge < -0.3 is 0 Å². The van der Waals surface area contributed by atoms with Gasteiger partial charge in [-0.15, -0.1) is 0 Å². The molecule has 49 heavy (non-hydrogen) atoms. The molecule has 1 unspecified atom stereocenters. The summed E-state index contributed by atoms with van der Waals surface area (Å²) in [5, 5.41) is 0. The number of unbranched alkanes of at least 4 members (excludes halogenated alkanes) is 5. The molecule has 0 N–H and O–H groups in total. The van der Waals surface area contributed by atoms with Crippen molar-refractivity contribution < 1.29 is 4.79 Å². The first-order chi connectivity index (χ1) is 24.1. The fourth-order valence-electron chi connectivity index (χ4n) is 9.65. The molecule has 3 aliphatic carbocycles. The van der Waals surface area contributed by atoms with Crippen LogP contribution in [-0.4, -0.2) is 5.78 Å². The zero-order valence-electron chi connectivity index (χ0n) is 28.6. The summed E-state index contributed by atoms with van der Waals surface area (Å²) in [5.41, 5.74) is 16.4. The van der Waals surface area contributed by atoms with Crippen LogP contribution in [0.25, 0.3) is 33.4 Å². The minimum atomic E-state index is -0.454. The summed E-state index contributed by atoms with van der Waals surface area (Å²) in [7, 11) is 0. The number of fused-ring (bicyclic) bond motifs is 13. The summed E-state index contributed by atoms with van der Waals surface area (Å²) in [4.78, 5) is 14.7. The van der Waals surface area contributed by atoms with Crippen molar-refractivity contribution in [3.63, 3.8) is 0 Å². The fourth-order valence-corrected chi connectivity index (χ4v) is 9.65. The molecule has 1 heteroatoms. The number of rotatable bonds is 9. The van der Waals surface area contributed by atoms with Crippen LogP contribution in [0.4, 0.5) is 0 Å². The molecule has 1 atom stereocenters. The smallest absolute Gasteiger partial charge is 0.193 e. The predicted octanol–water partition coefficient (Wildman–Crippen LogP) is 12.3. The Morgan fingerprint density at radius 2 is 0.857 bits per heavy atom. The molecule has 1 nitrogen and oxygen atoms in total. The summed E-state index contributed by atoms with van der Waals surface area (Å²) in [6.07, 6.45) is 8.77. The van der Waals surface area contributed by atoms with Crippen LogP contribution in [0.15, 0.2) is 133 Å². The molecule has 0 fully saturated rings. The van der Waals surface area contributed by atoms with Crippen LogP contribution in [-0.2, 0) is 10.8 Å². The van der Waals surface area contributed by atoms with Crippen LogP contribution in [0.5, 0.6) is 0 Å². The molecule has 0 heterocycles. The van der Waals surface area contributed by atoms with Crippen molar-refractivity contribution in [2.24, 2.45) is 0 Å². The van der Waals surface area contributed by atoms with Crippen LogP contribution in [0.2, 0.25) is 0 Å². The molecule has 0 saturated heterocycles. The van der Waals surface area contributed by atoms with E-state index in [1.54, 1.807) is 0 Å². The monoisotopic (exact) mass is 634 g/mol. The summed E-state index contributed by atoms with van der Waals surface area (Å²) in [6, 6.07) is 48.4. The summed E-state index contributed by atoms with van der Waals surface area (Å²) >= 11 is 0. The Kier molecular flexibility index (Phi) is 7.09. The zero-order chi connectivity index (χ0) is 33.2. The molecule has 0 aromatic heterocycles. The van der Waals surface area contributed by atoms with Gasteiger partial charge in [-0.2, -0.15) is 0 Å². The molecule has 0 radical (unpaired) electrons. The van der Waals surface area contributed by atoms with E-state index in [9.17, 15) is 4.79 Å². The van der Waals surface area contributed by atoms with Crippen molar-refractivity contribution in [1.82, 2.24) is 0 Å². The maximum absolute atomic E-state index is 14.7. The van der Waals surface area contributed by atoms with Crippen molar-refractivity contribution in [3.05, 3.63) is 178 Å². The second-order valence-corrected chi connectivity index (χ2v) is 14.6. The minimum absolute atomic E-state index is 0.0918. The molecule has 240 valence electrons. The highest BCUT2D eigenvalue weighted by Crippen LogP contribution is 2.62. The van der Waals surface area contributed by atoms with Gasteiger partial charge in [0.1, 0.15) is 0 Å². The van der Waals surface area contributed by atoms with Gasteiger partial charge in [0.2, 0.25) is 0 Å². The van der Waals surface area contributed by atoms with Crippen LogP contribution >= 0.6 is 0 Å². The van der Waals surface area contributed by atoms with Gasteiger partial charge in [-0.1, -0.05) is 174 Å². The molecule has 0 aliphatic heterocycles. The van der Waals surface area contributed by atoms with Gasteiger partial charge in [-0.05, 0) is 85.3 Å². The van der Waals surface area contributed by atoms with Crippen LogP contribution in [0, 0.1) is 0 Å². The Bertz CT molecular complexity index is 2210. The third kappa shape index (κ3) is 4.27. The van der Waals surface area contributed by atoms with Crippen molar-refractivity contribution in [2.75, 3.05) is 0 Å². The first-order valence-electron chi connectivity index (χ1n) is 18.3. The molecule has 6 aromatic carbocycles. The topological polar surface area (TPSA) is 17.1 Å². The lowest BCUT2D eigenvalue weighted by atomic mass is 9.70. The van der Waals surface area contributed by atoms with Gasteiger partial charge in [0.15, 0.2) is 5.78 Å². The van der Waals surface area contributed by atoms with E-state index in [4.69, 9.17) is 0 Å². The average Bonchev–Trinajstić information content (AvgIpc) is 3.72. The third-order valence-corrected chi connectivity index (χ3v) is 12.0. The van der Waals surface area contributed by atoms with Crippen molar-refractivity contribution >= 4 is 5.78 Å². The van der Waals surface area contributed by atoms with E-state index in [-0.39, 0.29) is 11.2 Å². The van der Waals surface area contributed by atoms with E-state index in [1.807, 2.05) is 0 Å². The molecule has 3 aliphatic rings. The first-order valence-corrected chi connectivity index (χ1v) is 18.3. The number of carbonyl (C=O) groups excluding carboxylic acids is 1. The maximum atomic E-state index is 14.7. The van der Waals surface area contributed by atoms with Gasteiger partial charge in [0.25, 0.3) is 0 Å². The molecule has 1 spiro atoms. The maximum Gasteiger partial charge on any atom is 0.193 e. The van der Waals surface area contributed by atoms with E-state index >= 15 is 0 Å². The van der Waals surface area contributed by atoms with Gasteiger partial charge in [0, 0.05) is 16.5 Å². The SMILES string of the molecule is CCCCCCCCC1(C)c2ccccc2-c2ccc(C(=O)c3ccc4c(c3)C3(c5ccccc5-c5ccccc53)c3ccccc3-4)cc21. The number of benzene rings is 6. The van der Waals surface area contributed by atoms with Crippen LogP contribution in [0.1, 0.15) is 108 Å². The Hall–Kier alpha value is -5.01. The van der Waals surface area contributed by atoms with E-state index in [1.165, 1.54) is 105 Å². The van der Waals surface area contributed by atoms with Gasteiger partial charge in [-0.25, -0.2) is 0 Å². The molecule has 6 aromatic rings. The van der Waals surface area contributed by atoms with Gasteiger partial charge >= 0.3 is 0 Å². The van der Waals surface area contributed by atoms with Crippen LogP contribution < -0.4 is 0 Å². The van der Waals surface area contributed by atoms with Gasteiger partial charge in [0.05, 0.1) is 5.41 Å². The summed E-state index contributed by atoms with van der Waals surface area (Å²) in [6.45, 7) is 4.68. The van der Waals surface area contributed by atoms with Crippen LogP contribution in [0.3, 0.4) is 0 Å². The number of hydrogen-bond donors (Lipinski definition) is 0. The van der Waals surface area contributed by atoms with E-state index in [0.717, 1.165) is 17.5 Å². The van der Waals surface area contributed by atoms with E-state index < -0.39 is 5.41 Å². The van der Waals surface area contributed by atoms with Crippen molar-refractivity contribution in [2.45, 2.75) is 69.6 Å². The standard InChI is InChI=1S/C48H42O/c1-3-4-5-6-7-16-29-47(2)40-21-12-8-17-34(40)38-27-25-32(30-44(38)47)46(49)33-26-28-39-37-20-11-15-24-43(37)48(45(39)31-33)41-22-13-9-18-35(41)36-19-10-14-23-42(36)48/h8-15,17-28,30-31H,3-7,16,29H2,1-2H3. The van der Waals surface area contributed by atoms with E-state index in [0.29, 0.717) is 0 Å². The number of hydrogen-bond acceptors (Lipinski definition) is 1. The van der Waals surface area contributed by atoms with Crippen molar-refractivity contribution in [1.29, 1.82) is 0 Å². The normalized spacial score (nSPS) is 16.9. The highest BCUT2D eigenvalue weighted by Gasteiger charge is 2.51. The lowest BCUT2D eigenvalue weighted by molar-refractivity contribution is 0.103. The second kappa shape index (κ2) is 11.6. The molecule has 0 amide bonds. The summed E-state index contributed by atoms with van der Waals surface area (Å²) in [5.74, 6) is 0.0918. The lowest BCUT2D eigenvalue weighted by Gasteiger charge is -2.30. The number of ketones is 1. The lowest BCUT2D eigenvalue weighted by Crippen LogP contribution is -2.26. The van der Waals surface area contributed by atoms with Gasteiger partial charge in [-0.3, -0.25) is 4.79 Å². The fraction of sp³-hybridized carbons (Fsp3) is 0.229. The predicted molar refractivity (Wildman–Crippen MR) is 202 cm³/mol. The Morgan fingerprint density at radius 1 is 0.449 bits per heavy atom. The first kappa shape index (κ1) is 30.1. The molecule has 0 bridgehead atoms. The number of carbonyl (C=O) groups is 1. The Labute approximate surface area is 290 Å². The minimum Gasteiger partial charge on any atom is -0.289 e. The molecular weight excluding hydrogens is 593 g/mol. The Balaban J connectivity index is 1.14.